The van der Waals surface area contributed by atoms with Gasteiger partial charge in [0.2, 0.25) is 11.8 Å². The fraction of sp³-hybridized carbons (Fsp3) is 0.800. The van der Waals surface area contributed by atoms with Crippen molar-refractivity contribution >= 4 is 27.7 Å². The third-order valence-electron chi connectivity index (χ3n) is 1.98. The zero-order valence-corrected chi connectivity index (χ0v) is 11.2. The van der Waals surface area contributed by atoms with Gasteiger partial charge >= 0.3 is 0 Å². The summed E-state index contributed by atoms with van der Waals surface area (Å²) >= 11 is 3.22. The van der Waals surface area contributed by atoms with Crippen molar-refractivity contribution in [3.8, 4) is 0 Å². The number of hydrogen-bond acceptors (Lipinski definition) is 2. The number of alkyl halides is 1. The predicted molar refractivity (Wildman–Crippen MR) is 64.0 cm³/mol. The van der Waals surface area contributed by atoms with Crippen molar-refractivity contribution in [2.45, 2.75) is 19.8 Å². The lowest BCUT2D eigenvalue weighted by Gasteiger charge is -2.23. The van der Waals surface area contributed by atoms with Gasteiger partial charge in [0.1, 0.15) is 0 Å². The van der Waals surface area contributed by atoms with Gasteiger partial charge in [-0.15, -0.1) is 0 Å². The average Bonchev–Trinajstić information content (AvgIpc) is 2.17. The Kier molecular flexibility index (Phi) is 7.38. The minimum atomic E-state index is -0.0358. The first-order valence-electron chi connectivity index (χ1n) is 5.06. The lowest BCUT2D eigenvalue weighted by Crippen LogP contribution is -2.40. The van der Waals surface area contributed by atoms with Crippen molar-refractivity contribution in [1.82, 2.24) is 9.80 Å². The Hall–Kier alpha value is -0.580. The predicted octanol–water partition coefficient (Wildman–Crippen LogP) is 1.10. The third-order valence-corrected chi connectivity index (χ3v) is 2.38. The molecule has 0 bridgehead atoms. The highest BCUT2D eigenvalue weighted by atomic mass is 79.9. The van der Waals surface area contributed by atoms with Crippen molar-refractivity contribution in [3.63, 3.8) is 0 Å². The molecular formula is C10H19BrN2O2. The highest BCUT2D eigenvalue weighted by Crippen LogP contribution is 2.00. The molecule has 0 heterocycles. The molecule has 0 aromatic rings. The number of carbonyl (C=O) groups excluding carboxylic acids is 2. The topological polar surface area (TPSA) is 40.6 Å². The van der Waals surface area contributed by atoms with Crippen molar-refractivity contribution in [2.24, 2.45) is 0 Å². The van der Waals surface area contributed by atoms with E-state index in [0.717, 1.165) is 6.42 Å². The normalized spacial score (nSPS) is 9.87. The van der Waals surface area contributed by atoms with Crippen LogP contribution >= 0.6 is 15.9 Å². The number of likely N-dealkylation sites (N-methyl/N-ethyl adjacent to an activating group) is 1. The second-order valence-corrected chi connectivity index (χ2v) is 4.34. The summed E-state index contributed by atoms with van der Waals surface area (Å²) in [6, 6.07) is 0. The lowest BCUT2D eigenvalue weighted by molar-refractivity contribution is -0.138. The molecule has 0 fully saturated rings. The first kappa shape index (κ1) is 14.4. The van der Waals surface area contributed by atoms with Gasteiger partial charge in [0.15, 0.2) is 0 Å². The molecule has 5 heteroatoms. The number of hydrogen-bond donors (Lipinski definition) is 0. The largest absolute Gasteiger partial charge is 0.347 e. The average molecular weight is 279 g/mol. The van der Waals surface area contributed by atoms with E-state index in [-0.39, 0.29) is 18.4 Å². The van der Waals surface area contributed by atoms with Crippen molar-refractivity contribution in [2.75, 3.05) is 32.5 Å². The van der Waals surface area contributed by atoms with E-state index in [1.54, 1.807) is 19.0 Å². The summed E-state index contributed by atoms with van der Waals surface area (Å²) in [6.45, 7) is 2.83. The third kappa shape index (κ3) is 5.77. The van der Waals surface area contributed by atoms with E-state index in [1.165, 1.54) is 4.90 Å². The molecule has 0 rings (SSSR count). The Morgan fingerprint density at radius 3 is 2.20 bits per heavy atom. The van der Waals surface area contributed by atoms with Crippen LogP contribution in [0.4, 0.5) is 0 Å². The fourth-order valence-electron chi connectivity index (χ4n) is 1.11. The zero-order chi connectivity index (χ0) is 11.8. The van der Waals surface area contributed by atoms with Gasteiger partial charge in [0.25, 0.3) is 0 Å². The molecule has 88 valence electrons. The van der Waals surface area contributed by atoms with Crippen LogP contribution in [0.15, 0.2) is 0 Å². The van der Waals surface area contributed by atoms with Gasteiger partial charge < -0.3 is 9.80 Å². The van der Waals surface area contributed by atoms with Crippen LogP contribution in [0.1, 0.15) is 19.8 Å². The number of nitrogens with zero attached hydrogens (tertiary/aromatic N) is 2. The summed E-state index contributed by atoms with van der Waals surface area (Å²) in [6.07, 6.45) is 1.31. The minimum absolute atomic E-state index is 0.0314. The summed E-state index contributed by atoms with van der Waals surface area (Å²) < 4.78 is 0. The van der Waals surface area contributed by atoms with Crippen LogP contribution in [0, 0.1) is 0 Å². The molecule has 4 nitrogen and oxygen atoms in total. The molecular weight excluding hydrogens is 260 g/mol. The quantitative estimate of drug-likeness (QED) is 0.683. The molecule has 0 atom stereocenters. The van der Waals surface area contributed by atoms with Crippen molar-refractivity contribution < 1.29 is 9.59 Å². The van der Waals surface area contributed by atoms with Gasteiger partial charge in [0, 0.05) is 32.4 Å². The van der Waals surface area contributed by atoms with Crippen molar-refractivity contribution in [3.05, 3.63) is 0 Å². The second-order valence-electron chi connectivity index (χ2n) is 3.54. The van der Waals surface area contributed by atoms with E-state index in [1.807, 2.05) is 6.92 Å². The standard InChI is InChI=1S/C10H19BrN2O2/c1-4-7-13(9(14)5-6-11)8-10(15)12(2)3/h4-8H2,1-3H3. The zero-order valence-electron chi connectivity index (χ0n) is 9.62. The Bertz CT molecular complexity index is 219. The van der Waals surface area contributed by atoms with Crippen LogP contribution < -0.4 is 0 Å². The summed E-state index contributed by atoms with van der Waals surface area (Å²) in [4.78, 5) is 26.2. The first-order chi connectivity index (χ1) is 7.02. The molecule has 0 aliphatic heterocycles. The highest BCUT2D eigenvalue weighted by Gasteiger charge is 2.16. The van der Waals surface area contributed by atoms with Crippen LogP contribution in [0.5, 0.6) is 0 Å². The number of carbonyl (C=O) groups is 2. The van der Waals surface area contributed by atoms with E-state index in [9.17, 15) is 9.59 Å². The van der Waals surface area contributed by atoms with Gasteiger partial charge in [-0.2, -0.15) is 0 Å². The van der Waals surface area contributed by atoms with E-state index < -0.39 is 0 Å². The highest BCUT2D eigenvalue weighted by molar-refractivity contribution is 9.09. The summed E-state index contributed by atoms with van der Waals surface area (Å²) in [5.41, 5.74) is 0. The molecule has 0 aromatic heterocycles. The van der Waals surface area contributed by atoms with Gasteiger partial charge in [-0.3, -0.25) is 9.59 Å². The van der Waals surface area contributed by atoms with Crippen LogP contribution in [-0.4, -0.2) is 54.1 Å². The van der Waals surface area contributed by atoms with Crippen LogP contribution in [-0.2, 0) is 9.59 Å². The first-order valence-corrected chi connectivity index (χ1v) is 6.19. The maximum Gasteiger partial charge on any atom is 0.241 e. The van der Waals surface area contributed by atoms with Gasteiger partial charge in [-0.1, -0.05) is 22.9 Å². The van der Waals surface area contributed by atoms with E-state index in [4.69, 9.17) is 0 Å². The van der Waals surface area contributed by atoms with E-state index >= 15 is 0 Å². The molecule has 0 saturated carbocycles. The van der Waals surface area contributed by atoms with E-state index in [0.29, 0.717) is 18.3 Å². The smallest absolute Gasteiger partial charge is 0.241 e. The summed E-state index contributed by atoms with van der Waals surface area (Å²) in [5, 5.41) is 0.641. The Morgan fingerprint density at radius 2 is 1.80 bits per heavy atom. The Labute approximate surface area is 99.7 Å². The maximum atomic E-state index is 11.6. The number of rotatable bonds is 6. The van der Waals surface area contributed by atoms with E-state index in [2.05, 4.69) is 15.9 Å². The van der Waals surface area contributed by atoms with Gasteiger partial charge in [-0.05, 0) is 6.42 Å². The molecule has 0 spiro atoms. The molecule has 0 unspecified atom stereocenters. The van der Waals surface area contributed by atoms with Gasteiger partial charge in [-0.25, -0.2) is 0 Å². The molecule has 0 saturated heterocycles. The second kappa shape index (κ2) is 7.68. The molecule has 0 aromatic carbocycles. The molecule has 0 N–H and O–H groups in total. The summed E-state index contributed by atoms with van der Waals surface area (Å²) in [7, 11) is 3.39. The van der Waals surface area contributed by atoms with Crippen LogP contribution in [0.2, 0.25) is 0 Å². The molecule has 15 heavy (non-hydrogen) atoms. The fourth-order valence-corrected chi connectivity index (χ4v) is 1.44. The number of amides is 2. The van der Waals surface area contributed by atoms with Crippen LogP contribution in [0.3, 0.4) is 0 Å². The molecule has 0 aliphatic carbocycles. The van der Waals surface area contributed by atoms with Gasteiger partial charge in [0.05, 0.1) is 6.54 Å². The number of halogens is 1. The monoisotopic (exact) mass is 278 g/mol. The maximum absolute atomic E-state index is 11.6. The minimum Gasteiger partial charge on any atom is -0.347 e. The SMILES string of the molecule is CCCN(CC(=O)N(C)C)C(=O)CCBr. The lowest BCUT2D eigenvalue weighted by atomic mass is 10.3. The Morgan fingerprint density at radius 1 is 1.20 bits per heavy atom. The Balaban J connectivity index is 4.26. The molecule has 0 radical (unpaired) electrons. The molecule has 2 amide bonds. The van der Waals surface area contributed by atoms with Crippen molar-refractivity contribution in [1.29, 1.82) is 0 Å². The van der Waals surface area contributed by atoms with Crippen LogP contribution in [0.25, 0.3) is 0 Å². The summed E-state index contributed by atoms with van der Waals surface area (Å²) in [5.74, 6) is -0.00435. The molecule has 0 aliphatic rings.